The minimum atomic E-state index is -5.09. The highest BCUT2D eigenvalue weighted by Crippen LogP contribution is 2.40. The van der Waals surface area contributed by atoms with Gasteiger partial charge >= 0.3 is 30.5 Å². The molecule has 0 aliphatic carbocycles. The van der Waals surface area contributed by atoms with Crippen molar-refractivity contribution >= 4 is 23.8 Å². The Bertz CT molecular complexity index is 1650. The van der Waals surface area contributed by atoms with Crippen LogP contribution in [0.25, 0.3) is 0 Å². The number of carbonyl (C=O) groups is 2. The Hall–Kier alpha value is -4.57. The summed E-state index contributed by atoms with van der Waals surface area (Å²) < 4.78 is 107. The Morgan fingerprint density at radius 1 is 0.880 bits per heavy atom. The normalized spacial score (nSPS) is 19.1. The molecule has 0 spiro atoms. The number of anilines is 2. The Morgan fingerprint density at radius 2 is 1.46 bits per heavy atom. The molecule has 2 atom stereocenters. The third kappa shape index (κ3) is 8.24. The van der Waals surface area contributed by atoms with Gasteiger partial charge in [-0.3, -0.25) is 4.90 Å². The topological polar surface area (TPSA) is 95.3 Å². The van der Waals surface area contributed by atoms with Crippen LogP contribution < -0.4 is 9.80 Å². The number of urea groups is 1. The van der Waals surface area contributed by atoms with Gasteiger partial charge in [0.2, 0.25) is 5.89 Å². The molecular formula is C33H37F7N6O4. The van der Waals surface area contributed by atoms with Gasteiger partial charge in [-0.25, -0.2) is 14.0 Å². The maximum absolute atomic E-state index is 13.8. The molecule has 0 saturated carbocycles. The number of hydrogen-bond acceptors (Lipinski definition) is 7. The highest BCUT2D eigenvalue weighted by atomic mass is 19.4. The van der Waals surface area contributed by atoms with Gasteiger partial charge in [-0.05, 0) is 69.5 Å². The molecule has 3 heterocycles. The fourth-order valence-electron chi connectivity index (χ4n) is 6.15. The van der Waals surface area contributed by atoms with Crippen LogP contribution in [-0.2, 0) is 17.1 Å². The predicted molar refractivity (Wildman–Crippen MR) is 167 cm³/mol. The fourth-order valence-corrected chi connectivity index (χ4v) is 6.15. The first-order chi connectivity index (χ1) is 23.2. The van der Waals surface area contributed by atoms with Gasteiger partial charge in [0.25, 0.3) is 0 Å². The molecule has 2 saturated heterocycles. The molecule has 1 aromatic heterocycles. The Kier molecular flexibility index (Phi) is 10.0. The summed E-state index contributed by atoms with van der Waals surface area (Å²) in [5, 5.41) is 8.46. The molecule has 2 aliphatic heterocycles. The molecule has 10 nitrogen and oxygen atoms in total. The van der Waals surface area contributed by atoms with Crippen LogP contribution in [-0.4, -0.2) is 84.0 Å². The van der Waals surface area contributed by atoms with E-state index in [-0.39, 0.29) is 31.1 Å². The lowest BCUT2D eigenvalue weighted by Gasteiger charge is -2.33. The smallest absolute Gasteiger partial charge is 0.416 e. The van der Waals surface area contributed by atoms with E-state index in [2.05, 4.69) is 10.2 Å². The number of rotatable bonds is 5. The van der Waals surface area contributed by atoms with Gasteiger partial charge in [-0.2, -0.15) is 26.3 Å². The number of hydrogen-bond donors (Lipinski definition) is 0. The molecule has 3 aromatic rings. The van der Waals surface area contributed by atoms with Crippen molar-refractivity contribution < 1.29 is 49.5 Å². The van der Waals surface area contributed by atoms with Crippen molar-refractivity contribution in [2.24, 2.45) is 0 Å². The number of likely N-dealkylation sites (N-methyl/N-ethyl adjacent to an activating group) is 1. The van der Waals surface area contributed by atoms with Crippen LogP contribution in [0.1, 0.15) is 68.0 Å². The maximum Gasteiger partial charge on any atom is 0.416 e. The number of ether oxygens (including phenoxy) is 1. The number of aromatic nitrogens is 2. The largest absolute Gasteiger partial charge is 0.444 e. The molecule has 5 rings (SSSR count). The molecule has 2 aromatic carbocycles. The third-order valence-electron chi connectivity index (χ3n) is 8.83. The molecule has 17 heteroatoms. The lowest BCUT2D eigenvalue weighted by molar-refractivity contribution is -0.143. The summed E-state index contributed by atoms with van der Waals surface area (Å²) in [4.78, 5) is 31.5. The number of alkyl halides is 6. The molecule has 272 valence electrons. The van der Waals surface area contributed by atoms with Gasteiger partial charge in [-0.15, -0.1) is 5.10 Å². The number of benzene rings is 2. The highest BCUT2D eigenvalue weighted by Gasteiger charge is 2.42. The maximum atomic E-state index is 13.8. The van der Waals surface area contributed by atoms with Crippen LogP contribution >= 0.6 is 0 Å². The van der Waals surface area contributed by atoms with Crippen LogP contribution in [0.5, 0.6) is 0 Å². The number of piperidine rings is 1. The van der Waals surface area contributed by atoms with Crippen molar-refractivity contribution in [1.29, 1.82) is 0 Å². The quantitative estimate of drug-likeness (QED) is 0.253. The van der Waals surface area contributed by atoms with E-state index in [0.29, 0.717) is 49.5 Å². The average Bonchev–Trinajstić information content (AvgIpc) is 3.71. The SMILES string of the molecule is CN(C(=O)N(C)[C@@H]1CN(c2nnc(C3CCN(C(=O)OC(C)(C)C)CC3)o2)C[C@H]1c1ccc(F)cc1)c1cc(C(F)(F)F)cc(C(F)(F)F)c1. The summed E-state index contributed by atoms with van der Waals surface area (Å²) in [5.41, 5.74) is -3.70. The van der Waals surface area contributed by atoms with Gasteiger partial charge < -0.3 is 23.9 Å². The zero-order chi connectivity index (χ0) is 36.8. The minimum absolute atomic E-state index is 0.00600. The van der Waals surface area contributed by atoms with Crippen molar-refractivity contribution in [2.75, 3.05) is 50.1 Å². The summed E-state index contributed by atoms with van der Waals surface area (Å²) in [7, 11) is 2.48. The zero-order valence-corrected chi connectivity index (χ0v) is 28.0. The van der Waals surface area contributed by atoms with E-state index in [1.54, 1.807) is 42.7 Å². The van der Waals surface area contributed by atoms with Gasteiger partial charge in [-0.1, -0.05) is 17.2 Å². The van der Waals surface area contributed by atoms with Crippen LogP contribution in [0.4, 0.5) is 52.0 Å². The summed E-state index contributed by atoms with van der Waals surface area (Å²) in [6.45, 7) is 6.54. The van der Waals surface area contributed by atoms with E-state index in [1.807, 2.05) is 0 Å². The Balaban J connectivity index is 1.35. The molecule has 0 N–H and O–H groups in total. The van der Waals surface area contributed by atoms with Crippen molar-refractivity contribution in [3.05, 3.63) is 70.9 Å². The van der Waals surface area contributed by atoms with Crippen molar-refractivity contribution in [3.8, 4) is 0 Å². The second kappa shape index (κ2) is 13.6. The monoisotopic (exact) mass is 714 g/mol. The lowest BCUT2D eigenvalue weighted by atomic mass is 9.93. The molecule has 2 fully saturated rings. The van der Waals surface area contributed by atoms with Crippen LogP contribution in [0.3, 0.4) is 0 Å². The number of amides is 3. The molecule has 2 aliphatic rings. The van der Waals surface area contributed by atoms with Gasteiger partial charge in [0.1, 0.15) is 11.4 Å². The molecule has 3 amide bonds. The third-order valence-corrected chi connectivity index (χ3v) is 8.83. The number of halogens is 7. The van der Waals surface area contributed by atoms with E-state index >= 15 is 0 Å². The van der Waals surface area contributed by atoms with E-state index in [4.69, 9.17) is 9.15 Å². The molecule has 0 radical (unpaired) electrons. The van der Waals surface area contributed by atoms with E-state index in [9.17, 15) is 40.3 Å². The molecule has 0 unspecified atom stereocenters. The number of carbonyl (C=O) groups excluding carboxylic acids is 2. The standard InChI is InChI=1S/C33H37F7N6O4/c1-31(2,3)50-30(48)45-12-10-20(11-13-45)27-41-42-28(49-27)46-17-25(19-6-8-23(34)9-7-19)26(18-46)44(5)29(47)43(4)24-15-21(32(35,36)37)14-22(16-24)33(38,39)40/h6-9,14-16,20,25-26H,10-13,17-18H2,1-5H3/t25-,26+/m0/s1. The Morgan fingerprint density at radius 3 is 2.00 bits per heavy atom. The first kappa shape index (κ1) is 36.7. The second-order valence-corrected chi connectivity index (χ2v) is 13.5. The van der Waals surface area contributed by atoms with Crippen molar-refractivity contribution in [1.82, 2.24) is 20.0 Å². The van der Waals surface area contributed by atoms with Gasteiger partial charge in [0, 0.05) is 57.8 Å². The summed E-state index contributed by atoms with van der Waals surface area (Å²) in [6.07, 6.45) is -9.49. The fraction of sp³-hybridized carbons (Fsp3) is 0.515. The van der Waals surface area contributed by atoms with E-state index < -0.39 is 64.7 Å². The average molecular weight is 715 g/mol. The number of nitrogens with zero attached hydrogens (tertiary/aromatic N) is 6. The minimum Gasteiger partial charge on any atom is -0.444 e. The van der Waals surface area contributed by atoms with Gasteiger partial charge in [0.15, 0.2) is 0 Å². The predicted octanol–water partition coefficient (Wildman–Crippen LogP) is 7.52. The second-order valence-electron chi connectivity index (χ2n) is 13.5. The van der Waals surface area contributed by atoms with Crippen LogP contribution in [0.15, 0.2) is 46.9 Å². The molecular weight excluding hydrogens is 677 g/mol. The zero-order valence-electron chi connectivity index (χ0n) is 28.0. The summed E-state index contributed by atoms with van der Waals surface area (Å²) in [6, 6.07) is 5.11. The van der Waals surface area contributed by atoms with Crippen LogP contribution in [0, 0.1) is 5.82 Å². The first-order valence-electron chi connectivity index (χ1n) is 15.8. The summed E-state index contributed by atoms with van der Waals surface area (Å²) >= 11 is 0. The van der Waals surface area contributed by atoms with Crippen molar-refractivity contribution in [3.63, 3.8) is 0 Å². The first-order valence-corrected chi connectivity index (χ1v) is 15.8. The summed E-state index contributed by atoms with van der Waals surface area (Å²) in [5.74, 6) is -0.751. The lowest BCUT2D eigenvalue weighted by Crippen LogP contribution is -2.47. The Labute approximate surface area is 283 Å². The molecule has 0 bridgehead atoms. The molecule has 50 heavy (non-hydrogen) atoms. The highest BCUT2D eigenvalue weighted by molar-refractivity contribution is 5.92. The van der Waals surface area contributed by atoms with Crippen molar-refractivity contribution in [2.45, 2.75) is 69.4 Å². The van der Waals surface area contributed by atoms with Gasteiger partial charge in [0.05, 0.1) is 17.2 Å². The number of likely N-dealkylation sites (tertiary alicyclic amines) is 1. The van der Waals surface area contributed by atoms with E-state index in [0.717, 1.165) is 11.9 Å². The van der Waals surface area contributed by atoms with Crippen LogP contribution in [0.2, 0.25) is 0 Å². The van der Waals surface area contributed by atoms with E-state index in [1.165, 1.54) is 24.1 Å².